The zero-order valence-electron chi connectivity index (χ0n) is 43.0. The van der Waals surface area contributed by atoms with Crippen molar-refractivity contribution in [2.75, 3.05) is 47.9 Å². The molecule has 6 heterocycles. The highest BCUT2D eigenvalue weighted by Gasteiger charge is 2.52. The normalized spacial score (nSPS) is 29.4. The summed E-state index contributed by atoms with van der Waals surface area (Å²) in [5.74, 6) is 0.0328. The lowest BCUT2D eigenvalue weighted by Gasteiger charge is -2.46. The monoisotopic (exact) mass is 1140 g/mol. The Balaban J connectivity index is 0.727. The number of carbonyl (C=O) groups is 2. The molecule has 0 bridgehead atoms. The molecule has 4 saturated heterocycles. The Hall–Kier alpha value is -6.82. The Morgan fingerprint density at radius 3 is 1.35 bits per heavy atom. The molecule has 0 aromatic heterocycles. The molecule has 4 N–H and O–H groups in total. The van der Waals surface area contributed by atoms with E-state index in [0.29, 0.717) is 56.1 Å². The van der Waals surface area contributed by atoms with Gasteiger partial charge in [0.1, 0.15) is 60.3 Å². The topological polar surface area (TPSA) is 293 Å². The fourth-order valence-corrected chi connectivity index (χ4v) is 12.3. The highest BCUT2D eigenvalue weighted by atomic mass is 35.5. The average Bonchev–Trinajstić information content (AvgIpc) is 4.27. The van der Waals surface area contributed by atoms with Crippen molar-refractivity contribution in [3.8, 4) is 11.5 Å². The molecule has 81 heavy (non-hydrogen) atoms. The molecular weight excluding hydrogens is 1090 g/mol. The third-order valence-electron chi connectivity index (χ3n) is 15.8. The van der Waals surface area contributed by atoms with Crippen LogP contribution in [0.1, 0.15) is 65.9 Å². The van der Waals surface area contributed by atoms with Crippen molar-refractivity contribution in [1.29, 1.82) is 0 Å². The van der Waals surface area contributed by atoms with E-state index in [-0.39, 0.29) is 81.0 Å². The maximum Gasteiger partial charge on any atom is 0.229 e. The Labute approximate surface area is 472 Å². The Morgan fingerprint density at radius 2 is 0.963 bits per heavy atom. The zero-order chi connectivity index (χ0) is 56.1. The van der Waals surface area contributed by atoms with E-state index in [4.69, 9.17) is 72.2 Å². The van der Waals surface area contributed by atoms with Crippen LogP contribution in [0.15, 0.2) is 119 Å². The molecular formula is C57H54Cl2N8O14. The van der Waals surface area contributed by atoms with Crippen LogP contribution in [0.5, 0.6) is 11.5 Å². The van der Waals surface area contributed by atoms with Crippen LogP contribution in [-0.4, -0.2) is 132 Å². The summed E-state index contributed by atoms with van der Waals surface area (Å²) in [6.45, 7) is 0.541. The van der Waals surface area contributed by atoms with Gasteiger partial charge in [-0.3, -0.25) is 9.59 Å². The number of benzene rings is 6. The molecule has 22 nitrogen and oxygen atoms in total. The van der Waals surface area contributed by atoms with Crippen molar-refractivity contribution in [2.45, 2.75) is 105 Å². The van der Waals surface area contributed by atoms with Crippen molar-refractivity contribution in [2.24, 2.45) is 10.2 Å². The summed E-state index contributed by atoms with van der Waals surface area (Å²) in [5.41, 5.74) is 22.4. The molecule has 6 aromatic carbocycles. The number of hydrogen-bond donors (Lipinski definition) is 4. The van der Waals surface area contributed by atoms with E-state index >= 15 is 0 Å². The lowest BCUT2D eigenvalue weighted by atomic mass is 9.95. The van der Waals surface area contributed by atoms with Crippen molar-refractivity contribution >= 4 is 79.3 Å². The summed E-state index contributed by atoms with van der Waals surface area (Å²) in [5, 5.41) is 55.9. The molecule has 12 rings (SSSR count). The van der Waals surface area contributed by atoms with Gasteiger partial charge in [0.15, 0.2) is 12.6 Å². The summed E-state index contributed by atoms with van der Waals surface area (Å²) in [6, 6.07) is 31.6. The molecule has 0 aliphatic carbocycles. The largest absolute Gasteiger partial charge is 0.461 e. The molecule has 12 unspecified atom stereocenters. The first-order valence-electron chi connectivity index (χ1n) is 26.5. The third-order valence-corrected chi connectivity index (χ3v) is 16.6. The minimum atomic E-state index is -1.56. The molecule has 24 heteroatoms. The number of alkyl halides is 2. The predicted octanol–water partition coefficient (Wildman–Crippen LogP) is 8.96. The van der Waals surface area contributed by atoms with E-state index < -0.39 is 74.0 Å². The molecule has 6 aliphatic heterocycles. The van der Waals surface area contributed by atoms with Crippen molar-refractivity contribution in [3.63, 3.8) is 0 Å². The molecule has 2 amide bonds. The maximum absolute atomic E-state index is 14.4. The first-order valence-corrected chi connectivity index (χ1v) is 27.6. The van der Waals surface area contributed by atoms with Crippen molar-refractivity contribution in [1.82, 2.24) is 0 Å². The SMILES string of the molecule is [N-]=[N+]=Nc1ccc(C2OCC3OC(Oc4cc5c(c6ccccc46)[C@H](CCl)CN5C(=O)CCCC(=O)N4C[C@@H](CCl)c5c4cc(OC4OC6COC(c7ccc(N=[N+]=[N-])cc7)OC6C(O)C4O)c4ccccc54)C(O)C(O)C3O2)cc1. The number of ether oxygens (including phenoxy) is 8. The fraction of sp³-hybridized carbons (Fsp3) is 0.404. The van der Waals surface area contributed by atoms with Gasteiger partial charge in [0.05, 0.1) is 24.6 Å². The number of nitrogens with zero attached hydrogens (tertiary/aromatic N) is 8. The molecule has 6 aromatic rings. The molecule has 420 valence electrons. The smallest absolute Gasteiger partial charge is 0.229 e. The van der Waals surface area contributed by atoms with Crippen LogP contribution in [0, 0.1) is 0 Å². The second-order valence-electron chi connectivity index (χ2n) is 20.6. The molecule has 0 radical (unpaired) electrons. The number of hydrogen-bond acceptors (Lipinski definition) is 16. The first-order chi connectivity index (χ1) is 39.4. The van der Waals surface area contributed by atoms with Gasteiger partial charge >= 0.3 is 0 Å². The van der Waals surface area contributed by atoms with Crippen LogP contribution in [0.4, 0.5) is 22.7 Å². The van der Waals surface area contributed by atoms with Gasteiger partial charge in [-0.05, 0) is 39.4 Å². The van der Waals surface area contributed by atoms with Gasteiger partial charge in [0.25, 0.3) is 0 Å². The second kappa shape index (κ2) is 23.2. The summed E-state index contributed by atoms with van der Waals surface area (Å²) in [7, 11) is 0. The highest BCUT2D eigenvalue weighted by Crippen LogP contribution is 2.49. The summed E-state index contributed by atoms with van der Waals surface area (Å²) in [6.07, 6.45) is -13.9. The Morgan fingerprint density at radius 1 is 0.568 bits per heavy atom. The third kappa shape index (κ3) is 10.4. The van der Waals surface area contributed by atoms with Crippen LogP contribution in [-0.2, 0) is 38.0 Å². The Bertz CT molecular complexity index is 3240. The van der Waals surface area contributed by atoms with Crippen molar-refractivity contribution < 1.29 is 67.9 Å². The summed E-state index contributed by atoms with van der Waals surface area (Å²) >= 11 is 13.2. The van der Waals surface area contributed by atoms with E-state index in [2.05, 4.69) is 20.1 Å². The number of amides is 2. The highest BCUT2D eigenvalue weighted by molar-refractivity contribution is 6.19. The lowest BCUT2D eigenvalue weighted by molar-refractivity contribution is -0.349. The standard InChI is InChI=1S/C57H54Cl2N8O14/c58-22-30-24-66(38-20-40(34-6-1-3-8-36(34)46(30)38)76-56-50(72)48(70)52-42(78-56)26-74-54(80-52)28-12-16-32(17-13-28)62-64-60)44(68)10-5-11-45(69)67-25-31(23-59)47-37-9-4-2-7-35(37)41(21-39(47)67)77-57-51(73)49(71)53-43(79-57)27-75-55(81-53)29-14-18-33(19-15-29)63-65-61/h1-4,6-9,12-21,30-31,42-43,48-57,70-73H,5,10-11,22-27H2/t30-,31-,42?,43?,48?,49?,50?,51?,52?,53?,54?,55?,56?,57?/m1/s1. The van der Waals surface area contributed by atoms with Crippen LogP contribution in [0.25, 0.3) is 42.4 Å². The van der Waals surface area contributed by atoms with Gasteiger partial charge < -0.3 is 68.1 Å². The molecule has 14 atom stereocenters. The number of azide groups is 2. The van der Waals surface area contributed by atoms with Gasteiger partial charge in [-0.25, -0.2) is 0 Å². The van der Waals surface area contributed by atoms with E-state index in [1.807, 2.05) is 48.5 Å². The van der Waals surface area contributed by atoms with Crippen LogP contribution < -0.4 is 19.3 Å². The van der Waals surface area contributed by atoms with Crippen LogP contribution >= 0.6 is 23.2 Å². The maximum atomic E-state index is 14.4. The number of fused-ring (bicyclic) bond motifs is 8. The summed E-state index contributed by atoms with van der Waals surface area (Å²) < 4.78 is 49.5. The Kier molecular flexibility index (Phi) is 15.7. The number of aliphatic hydroxyl groups is 4. The van der Waals surface area contributed by atoms with Crippen LogP contribution in [0.3, 0.4) is 0 Å². The zero-order valence-corrected chi connectivity index (χ0v) is 44.6. The van der Waals surface area contributed by atoms with Gasteiger partial charge in [-0.15, -0.1) is 23.2 Å². The van der Waals surface area contributed by atoms with Gasteiger partial charge in [-0.1, -0.05) is 107 Å². The fourth-order valence-electron chi connectivity index (χ4n) is 11.8. The molecule has 0 spiro atoms. The number of anilines is 2. The van der Waals surface area contributed by atoms with Crippen molar-refractivity contribution in [3.05, 3.63) is 152 Å². The molecule has 0 saturated carbocycles. The second-order valence-corrected chi connectivity index (χ2v) is 21.3. The number of aliphatic hydroxyl groups excluding tert-OH is 4. The first kappa shape index (κ1) is 54.8. The predicted molar refractivity (Wildman–Crippen MR) is 294 cm³/mol. The van der Waals surface area contributed by atoms with Crippen LogP contribution in [0.2, 0.25) is 0 Å². The van der Waals surface area contributed by atoms with E-state index in [1.165, 1.54) is 0 Å². The molecule has 4 fully saturated rings. The van der Waals surface area contributed by atoms with Gasteiger partial charge in [-0.2, -0.15) is 0 Å². The van der Waals surface area contributed by atoms with E-state index in [0.717, 1.165) is 21.9 Å². The molecule has 6 aliphatic rings. The van der Waals surface area contributed by atoms with Gasteiger partial charge in [0.2, 0.25) is 24.4 Å². The number of carbonyl (C=O) groups excluding carboxylic acids is 2. The number of rotatable bonds is 14. The lowest BCUT2D eigenvalue weighted by Crippen LogP contribution is -2.62. The summed E-state index contributed by atoms with van der Waals surface area (Å²) in [4.78, 5) is 37.7. The van der Waals surface area contributed by atoms with E-state index in [9.17, 15) is 30.0 Å². The van der Waals surface area contributed by atoms with Gasteiger partial charge in [0, 0.05) is 105 Å². The quantitative estimate of drug-likeness (QED) is 0.0343. The minimum Gasteiger partial charge on any atom is -0.461 e. The minimum absolute atomic E-state index is 0.00210. The number of halogens is 2. The van der Waals surface area contributed by atoms with E-state index in [1.54, 1.807) is 70.5 Å². The average molecular weight is 1150 g/mol.